The lowest BCUT2D eigenvalue weighted by Crippen LogP contribution is -2.21. The zero-order valence-corrected chi connectivity index (χ0v) is 23.9. The second kappa shape index (κ2) is 17.0. The molecule has 39 heavy (non-hydrogen) atoms. The number of amides is 4. The zero-order valence-electron chi connectivity index (χ0n) is 23.9. The molecule has 8 heteroatoms. The fourth-order valence-electron chi connectivity index (χ4n) is 4.11. The van der Waals surface area contributed by atoms with E-state index >= 15 is 0 Å². The third kappa shape index (κ3) is 13.1. The SMILES string of the molecule is CN(C)C(=O)CCc1cccc(NC(=O)CCCCCCCC(=O)Nc2cccc(CCC(=O)N(C)C)c2)c1. The number of carbonyl (C=O) groups is 4. The summed E-state index contributed by atoms with van der Waals surface area (Å²) in [6.45, 7) is 0. The van der Waals surface area contributed by atoms with Crippen molar-refractivity contribution in [1.82, 2.24) is 9.80 Å². The first-order valence-corrected chi connectivity index (χ1v) is 13.8. The second-order valence-corrected chi connectivity index (χ2v) is 10.3. The van der Waals surface area contributed by atoms with E-state index in [1.807, 2.05) is 48.5 Å². The third-order valence-electron chi connectivity index (χ3n) is 6.48. The van der Waals surface area contributed by atoms with E-state index in [9.17, 15) is 19.2 Å². The summed E-state index contributed by atoms with van der Waals surface area (Å²) in [5.41, 5.74) is 3.56. The van der Waals surface area contributed by atoms with Gasteiger partial charge in [0.25, 0.3) is 0 Å². The molecule has 0 unspecified atom stereocenters. The van der Waals surface area contributed by atoms with Crippen LogP contribution >= 0.6 is 0 Å². The van der Waals surface area contributed by atoms with Crippen LogP contribution < -0.4 is 10.6 Å². The number of hydrogen-bond acceptors (Lipinski definition) is 4. The van der Waals surface area contributed by atoms with Gasteiger partial charge in [0.05, 0.1) is 0 Å². The van der Waals surface area contributed by atoms with Crippen molar-refractivity contribution >= 4 is 35.0 Å². The molecule has 0 heterocycles. The Morgan fingerprint density at radius 1 is 0.564 bits per heavy atom. The minimum atomic E-state index is -0.00999. The van der Waals surface area contributed by atoms with Crippen molar-refractivity contribution in [1.29, 1.82) is 0 Å². The molecule has 0 aliphatic heterocycles. The van der Waals surface area contributed by atoms with Crippen molar-refractivity contribution in [3.05, 3.63) is 59.7 Å². The number of nitrogens with one attached hydrogen (secondary N) is 2. The molecule has 0 fully saturated rings. The first-order valence-electron chi connectivity index (χ1n) is 13.8. The number of hydrogen-bond donors (Lipinski definition) is 2. The van der Waals surface area contributed by atoms with E-state index < -0.39 is 0 Å². The van der Waals surface area contributed by atoms with Gasteiger partial charge < -0.3 is 20.4 Å². The first-order chi connectivity index (χ1) is 18.6. The van der Waals surface area contributed by atoms with Crippen LogP contribution in [0.5, 0.6) is 0 Å². The Morgan fingerprint density at radius 3 is 1.33 bits per heavy atom. The Hall–Kier alpha value is -3.68. The summed E-state index contributed by atoms with van der Waals surface area (Å²) < 4.78 is 0. The molecular weight excluding hydrogens is 492 g/mol. The summed E-state index contributed by atoms with van der Waals surface area (Å²) in [7, 11) is 6.99. The molecule has 0 aromatic heterocycles. The maximum Gasteiger partial charge on any atom is 0.224 e. The van der Waals surface area contributed by atoms with Crippen LogP contribution in [0.4, 0.5) is 11.4 Å². The minimum Gasteiger partial charge on any atom is -0.349 e. The van der Waals surface area contributed by atoms with Gasteiger partial charge in [-0.1, -0.05) is 43.5 Å². The first kappa shape index (κ1) is 31.5. The molecule has 0 saturated carbocycles. The minimum absolute atomic E-state index is 0.00999. The van der Waals surface area contributed by atoms with Gasteiger partial charge in [-0.05, 0) is 61.1 Å². The summed E-state index contributed by atoms with van der Waals surface area (Å²) >= 11 is 0. The number of benzene rings is 2. The molecular formula is C31H44N4O4. The fraction of sp³-hybridized carbons (Fsp3) is 0.484. The Bertz CT molecular complexity index is 1010. The maximum absolute atomic E-state index is 12.3. The van der Waals surface area contributed by atoms with Gasteiger partial charge in [-0.2, -0.15) is 0 Å². The molecule has 0 bridgehead atoms. The lowest BCUT2D eigenvalue weighted by molar-refractivity contribution is -0.129. The van der Waals surface area contributed by atoms with E-state index in [4.69, 9.17) is 0 Å². The van der Waals surface area contributed by atoms with Crippen LogP contribution in [0.25, 0.3) is 0 Å². The lowest BCUT2D eigenvalue weighted by Gasteiger charge is -2.11. The largest absolute Gasteiger partial charge is 0.349 e. The van der Waals surface area contributed by atoms with E-state index in [0.717, 1.165) is 54.6 Å². The quantitative estimate of drug-likeness (QED) is 0.294. The average molecular weight is 537 g/mol. The maximum atomic E-state index is 12.3. The smallest absolute Gasteiger partial charge is 0.224 e. The lowest BCUT2D eigenvalue weighted by atomic mass is 10.1. The highest BCUT2D eigenvalue weighted by molar-refractivity contribution is 5.91. The summed E-state index contributed by atoms with van der Waals surface area (Å²) in [5.74, 6) is 0.149. The molecule has 8 nitrogen and oxygen atoms in total. The highest BCUT2D eigenvalue weighted by Crippen LogP contribution is 2.16. The molecule has 0 atom stereocenters. The van der Waals surface area contributed by atoms with Gasteiger partial charge in [-0.25, -0.2) is 0 Å². The van der Waals surface area contributed by atoms with Crippen molar-refractivity contribution in [2.24, 2.45) is 0 Å². The summed E-state index contributed by atoms with van der Waals surface area (Å²) in [5, 5.41) is 5.90. The van der Waals surface area contributed by atoms with E-state index in [-0.39, 0.29) is 23.6 Å². The summed E-state index contributed by atoms with van der Waals surface area (Å²) in [6.07, 6.45) is 7.56. The zero-order chi connectivity index (χ0) is 28.6. The van der Waals surface area contributed by atoms with Crippen molar-refractivity contribution in [3.8, 4) is 0 Å². The molecule has 0 aliphatic carbocycles. The van der Waals surface area contributed by atoms with Gasteiger partial charge in [0.15, 0.2) is 0 Å². The Balaban J connectivity index is 1.58. The number of rotatable bonds is 16. The van der Waals surface area contributed by atoms with E-state index in [1.54, 1.807) is 38.0 Å². The van der Waals surface area contributed by atoms with Gasteiger partial charge in [-0.15, -0.1) is 0 Å². The van der Waals surface area contributed by atoms with Gasteiger partial charge >= 0.3 is 0 Å². The molecule has 212 valence electrons. The summed E-state index contributed by atoms with van der Waals surface area (Å²) in [4.78, 5) is 51.4. The van der Waals surface area contributed by atoms with Crippen molar-refractivity contribution < 1.29 is 19.2 Å². The molecule has 2 N–H and O–H groups in total. The number of carbonyl (C=O) groups excluding carboxylic acids is 4. The summed E-state index contributed by atoms with van der Waals surface area (Å²) in [6, 6.07) is 15.3. The van der Waals surface area contributed by atoms with E-state index in [2.05, 4.69) is 10.6 Å². The van der Waals surface area contributed by atoms with Crippen molar-refractivity contribution in [2.45, 2.75) is 70.6 Å². The fourth-order valence-corrected chi connectivity index (χ4v) is 4.11. The van der Waals surface area contributed by atoms with Crippen LogP contribution in [0, 0.1) is 0 Å². The number of aryl methyl sites for hydroxylation is 2. The van der Waals surface area contributed by atoms with Gasteiger partial charge in [0, 0.05) is 65.2 Å². The van der Waals surface area contributed by atoms with Crippen LogP contribution in [-0.4, -0.2) is 61.6 Å². The number of anilines is 2. The number of unbranched alkanes of at least 4 members (excludes halogenated alkanes) is 4. The molecule has 0 aliphatic rings. The second-order valence-electron chi connectivity index (χ2n) is 10.3. The number of nitrogens with zero attached hydrogens (tertiary/aromatic N) is 2. The average Bonchev–Trinajstić information content (AvgIpc) is 2.90. The molecule has 0 spiro atoms. The van der Waals surface area contributed by atoms with Crippen LogP contribution in [0.3, 0.4) is 0 Å². The van der Waals surface area contributed by atoms with E-state index in [1.165, 1.54) is 0 Å². The van der Waals surface area contributed by atoms with Crippen LogP contribution in [-0.2, 0) is 32.0 Å². The Morgan fingerprint density at radius 2 is 0.949 bits per heavy atom. The van der Waals surface area contributed by atoms with Gasteiger partial charge in [-0.3, -0.25) is 19.2 Å². The van der Waals surface area contributed by atoms with Gasteiger partial charge in [0.1, 0.15) is 0 Å². The van der Waals surface area contributed by atoms with Crippen LogP contribution in [0.1, 0.15) is 68.9 Å². The molecule has 0 radical (unpaired) electrons. The molecule has 2 aromatic carbocycles. The standard InChI is InChI=1S/C31H44N4O4/c1-34(2)30(38)20-18-24-12-10-14-26(22-24)32-28(36)16-8-6-5-7-9-17-29(37)33-27-15-11-13-25(23-27)19-21-31(39)35(3)4/h10-15,22-23H,5-9,16-21H2,1-4H3,(H,32,36)(H,33,37). The molecule has 2 rings (SSSR count). The van der Waals surface area contributed by atoms with Gasteiger partial charge in [0.2, 0.25) is 23.6 Å². The van der Waals surface area contributed by atoms with Crippen LogP contribution in [0.2, 0.25) is 0 Å². The highest BCUT2D eigenvalue weighted by atomic mass is 16.2. The predicted octanol–water partition coefficient (Wildman–Crippen LogP) is 5.04. The normalized spacial score (nSPS) is 10.6. The third-order valence-corrected chi connectivity index (χ3v) is 6.48. The molecule has 0 saturated heterocycles. The highest BCUT2D eigenvalue weighted by Gasteiger charge is 2.08. The van der Waals surface area contributed by atoms with Crippen molar-refractivity contribution in [2.75, 3.05) is 38.8 Å². The Kier molecular flexibility index (Phi) is 13.8. The Labute approximate surface area is 233 Å². The van der Waals surface area contributed by atoms with Crippen LogP contribution in [0.15, 0.2) is 48.5 Å². The molecule has 2 aromatic rings. The monoisotopic (exact) mass is 536 g/mol. The van der Waals surface area contributed by atoms with E-state index in [0.29, 0.717) is 38.5 Å². The predicted molar refractivity (Wildman–Crippen MR) is 156 cm³/mol. The molecule has 4 amide bonds. The van der Waals surface area contributed by atoms with Crippen molar-refractivity contribution in [3.63, 3.8) is 0 Å². The topological polar surface area (TPSA) is 98.8 Å².